The standard InChI is InChI=1S/C8H8N2OS/c11-8-7(9-3-4-10-8)6-2-1-5-12-6/h1-2,5H,3-4H2,(H,10,11). The molecule has 3 nitrogen and oxygen atoms in total. The van der Waals surface area contributed by atoms with Crippen molar-refractivity contribution < 1.29 is 4.79 Å². The summed E-state index contributed by atoms with van der Waals surface area (Å²) < 4.78 is 0. The topological polar surface area (TPSA) is 41.5 Å². The molecule has 62 valence electrons. The molecule has 0 radical (unpaired) electrons. The Balaban J connectivity index is 2.34. The zero-order chi connectivity index (χ0) is 8.39. The molecule has 0 fully saturated rings. The van der Waals surface area contributed by atoms with Gasteiger partial charge in [-0.2, -0.15) is 0 Å². The van der Waals surface area contributed by atoms with Crippen molar-refractivity contribution in [2.75, 3.05) is 13.1 Å². The maximum absolute atomic E-state index is 11.3. The van der Waals surface area contributed by atoms with E-state index in [1.54, 1.807) is 11.3 Å². The van der Waals surface area contributed by atoms with Crippen LogP contribution in [0.5, 0.6) is 0 Å². The summed E-state index contributed by atoms with van der Waals surface area (Å²) >= 11 is 1.54. The van der Waals surface area contributed by atoms with E-state index in [-0.39, 0.29) is 5.91 Å². The third-order valence-corrected chi connectivity index (χ3v) is 2.51. The van der Waals surface area contributed by atoms with Gasteiger partial charge in [0.05, 0.1) is 11.4 Å². The van der Waals surface area contributed by atoms with Gasteiger partial charge in [-0.1, -0.05) is 6.07 Å². The summed E-state index contributed by atoms with van der Waals surface area (Å²) in [7, 11) is 0. The summed E-state index contributed by atoms with van der Waals surface area (Å²) in [6.45, 7) is 1.35. The zero-order valence-corrected chi connectivity index (χ0v) is 7.23. The molecule has 2 heterocycles. The first-order chi connectivity index (χ1) is 5.88. The molecule has 0 unspecified atom stereocenters. The highest BCUT2D eigenvalue weighted by Crippen LogP contribution is 2.11. The Morgan fingerprint density at radius 2 is 2.50 bits per heavy atom. The van der Waals surface area contributed by atoms with E-state index in [9.17, 15) is 4.79 Å². The lowest BCUT2D eigenvalue weighted by atomic mass is 10.2. The summed E-state index contributed by atoms with van der Waals surface area (Å²) in [5.41, 5.74) is 0.580. The Labute approximate surface area is 74.1 Å². The minimum Gasteiger partial charge on any atom is -0.349 e. The molecule has 1 aliphatic heterocycles. The Hall–Kier alpha value is -1.16. The van der Waals surface area contributed by atoms with Crippen LogP contribution in [0.4, 0.5) is 0 Å². The minimum absolute atomic E-state index is 0.0521. The summed E-state index contributed by atoms with van der Waals surface area (Å²) in [5, 5.41) is 4.70. The van der Waals surface area contributed by atoms with E-state index < -0.39 is 0 Å². The fraction of sp³-hybridized carbons (Fsp3) is 0.250. The van der Waals surface area contributed by atoms with Crippen LogP contribution in [0.3, 0.4) is 0 Å². The number of rotatable bonds is 1. The summed E-state index contributed by atoms with van der Waals surface area (Å²) in [4.78, 5) is 16.4. The molecule has 12 heavy (non-hydrogen) atoms. The number of hydrogen-bond donors (Lipinski definition) is 1. The van der Waals surface area contributed by atoms with Crippen LogP contribution in [0.25, 0.3) is 0 Å². The number of amides is 1. The van der Waals surface area contributed by atoms with Crippen LogP contribution in [0, 0.1) is 0 Å². The first-order valence-electron chi connectivity index (χ1n) is 3.74. The lowest BCUT2D eigenvalue weighted by Gasteiger charge is -2.10. The average molecular weight is 180 g/mol. The molecule has 1 aliphatic rings. The maximum atomic E-state index is 11.3. The molecular weight excluding hydrogens is 172 g/mol. The number of nitrogens with zero attached hydrogens (tertiary/aromatic N) is 1. The van der Waals surface area contributed by atoms with Crippen LogP contribution in [0.1, 0.15) is 4.88 Å². The van der Waals surface area contributed by atoms with Crippen molar-refractivity contribution in [2.24, 2.45) is 4.99 Å². The SMILES string of the molecule is O=C1NCCN=C1c1cccs1. The second kappa shape index (κ2) is 3.06. The van der Waals surface area contributed by atoms with Gasteiger partial charge in [0.1, 0.15) is 5.71 Å². The zero-order valence-electron chi connectivity index (χ0n) is 6.41. The van der Waals surface area contributed by atoms with E-state index >= 15 is 0 Å². The van der Waals surface area contributed by atoms with Crippen molar-refractivity contribution in [3.05, 3.63) is 22.4 Å². The highest BCUT2D eigenvalue weighted by atomic mass is 32.1. The Kier molecular flexibility index (Phi) is 1.91. The summed E-state index contributed by atoms with van der Waals surface area (Å²) in [5.74, 6) is -0.0521. The van der Waals surface area contributed by atoms with Crippen molar-refractivity contribution in [3.8, 4) is 0 Å². The van der Waals surface area contributed by atoms with Gasteiger partial charge in [0.15, 0.2) is 0 Å². The molecular formula is C8H8N2OS. The highest BCUT2D eigenvalue weighted by molar-refractivity contribution is 7.13. The predicted octanol–water partition coefficient (Wildman–Crippen LogP) is 0.667. The van der Waals surface area contributed by atoms with Crippen LogP contribution < -0.4 is 5.32 Å². The highest BCUT2D eigenvalue weighted by Gasteiger charge is 2.16. The number of thiophene rings is 1. The van der Waals surface area contributed by atoms with E-state index in [0.29, 0.717) is 18.8 Å². The number of aliphatic imine (C=N–C) groups is 1. The van der Waals surface area contributed by atoms with Crippen molar-refractivity contribution in [1.82, 2.24) is 5.32 Å². The fourth-order valence-corrected chi connectivity index (χ4v) is 1.83. The van der Waals surface area contributed by atoms with Crippen molar-refractivity contribution in [2.45, 2.75) is 0 Å². The summed E-state index contributed by atoms with van der Waals surface area (Å²) in [6, 6.07) is 3.83. The lowest BCUT2D eigenvalue weighted by Crippen LogP contribution is -2.37. The second-order valence-corrected chi connectivity index (χ2v) is 3.41. The van der Waals surface area contributed by atoms with Crippen LogP contribution in [0.15, 0.2) is 22.5 Å². The molecule has 1 amide bonds. The van der Waals surface area contributed by atoms with Crippen molar-refractivity contribution in [1.29, 1.82) is 0 Å². The quantitative estimate of drug-likeness (QED) is 0.678. The molecule has 0 spiro atoms. The normalized spacial score (nSPS) is 17.0. The molecule has 0 aromatic carbocycles. The molecule has 1 aromatic heterocycles. The van der Waals surface area contributed by atoms with Gasteiger partial charge in [-0.3, -0.25) is 9.79 Å². The molecule has 0 saturated heterocycles. The Morgan fingerprint density at radius 3 is 3.17 bits per heavy atom. The van der Waals surface area contributed by atoms with Gasteiger partial charge < -0.3 is 5.32 Å². The van der Waals surface area contributed by atoms with Crippen molar-refractivity contribution in [3.63, 3.8) is 0 Å². The first kappa shape index (κ1) is 7.49. The van der Waals surface area contributed by atoms with Crippen LogP contribution in [0.2, 0.25) is 0 Å². The minimum atomic E-state index is -0.0521. The molecule has 1 N–H and O–H groups in total. The monoisotopic (exact) mass is 180 g/mol. The third-order valence-electron chi connectivity index (χ3n) is 1.64. The molecule has 2 rings (SSSR count). The largest absolute Gasteiger partial charge is 0.349 e. The molecule has 0 aliphatic carbocycles. The van der Waals surface area contributed by atoms with Crippen LogP contribution in [-0.4, -0.2) is 24.7 Å². The smallest absolute Gasteiger partial charge is 0.270 e. The van der Waals surface area contributed by atoms with E-state index in [2.05, 4.69) is 10.3 Å². The maximum Gasteiger partial charge on any atom is 0.270 e. The van der Waals surface area contributed by atoms with Crippen LogP contribution in [-0.2, 0) is 4.79 Å². The van der Waals surface area contributed by atoms with E-state index in [4.69, 9.17) is 0 Å². The number of nitrogens with one attached hydrogen (secondary N) is 1. The van der Waals surface area contributed by atoms with E-state index in [1.807, 2.05) is 17.5 Å². The Bertz CT molecular complexity index is 316. The predicted molar refractivity (Wildman–Crippen MR) is 48.7 cm³/mol. The number of carbonyl (C=O) groups is 1. The molecule has 1 aromatic rings. The van der Waals surface area contributed by atoms with Crippen molar-refractivity contribution >= 4 is 23.0 Å². The van der Waals surface area contributed by atoms with E-state index in [1.165, 1.54) is 0 Å². The Morgan fingerprint density at radius 1 is 1.58 bits per heavy atom. The molecule has 0 bridgehead atoms. The van der Waals surface area contributed by atoms with Gasteiger partial charge in [-0.25, -0.2) is 0 Å². The van der Waals surface area contributed by atoms with Gasteiger partial charge in [-0.05, 0) is 11.4 Å². The van der Waals surface area contributed by atoms with Gasteiger partial charge in [0, 0.05) is 6.54 Å². The lowest BCUT2D eigenvalue weighted by molar-refractivity contribution is -0.114. The molecule has 4 heteroatoms. The van der Waals surface area contributed by atoms with Gasteiger partial charge in [0.25, 0.3) is 5.91 Å². The van der Waals surface area contributed by atoms with E-state index in [0.717, 1.165) is 4.88 Å². The average Bonchev–Trinajstić information content (AvgIpc) is 2.57. The first-order valence-corrected chi connectivity index (χ1v) is 4.62. The molecule has 0 atom stereocenters. The van der Waals surface area contributed by atoms with Gasteiger partial charge >= 0.3 is 0 Å². The van der Waals surface area contributed by atoms with Gasteiger partial charge in [-0.15, -0.1) is 11.3 Å². The van der Waals surface area contributed by atoms with Crippen LogP contribution >= 0.6 is 11.3 Å². The molecule has 0 saturated carbocycles. The fourth-order valence-electron chi connectivity index (χ4n) is 1.10. The van der Waals surface area contributed by atoms with Gasteiger partial charge in [0.2, 0.25) is 0 Å². The summed E-state index contributed by atoms with van der Waals surface area (Å²) in [6.07, 6.45) is 0. The number of carbonyl (C=O) groups excluding carboxylic acids is 1. The number of hydrogen-bond acceptors (Lipinski definition) is 3. The second-order valence-electron chi connectivity index (χ2n) is 2.46. The third kappa shape index (κ3) is 1.25.